The average molecular weight is 448 g/mol. The van der Waals surface area contributed by atoms with Gasteiger partial charge in [0.2, 0.25) is 10.0 Å². The van der Waals surface area contributed by atoms with Gasteiger partial charge in [-0.15, -0.1) is 0 Å². The molecule has 2 aromatic rings. The van der Waals surface area contributed by atoms with E-state index in [0.29, 0.717) is 18.8 Å². The summed E-state index contributed by atoms with van der Waals surface area (Å²) < 4.78 is 37.8. The Labute approximate surface area is 181 Å². The monoisotopic (exact) mass is 447 g/mol. The Bertz CT molecular complexity index is 1010. The molecule has 0 bridgehead atoms. The highest BCUT2D eigenvalue weighted by molar-refractivity contribution is 7.89. The van der Waals surface area contributed by atoms with Crippen molar-refractivity contribution in [1.29, 1.82) is 0 Å². The first-order chi connectivity index (χ1) is 14.9. The van der Waals surface area contributed by atoms with Crippen molar-refractivity contribution >= 4 is 21.8 Å². The lowest BCUT2D eigenvalue weighted by atomic mass is 10.2. The van der Waals surface area contributed by atoms with E-state index in [2.05, 4.69) is 10.6 Å². The third kappa shape index (κ3) is 5.81. The van der Waals surface area contributed by atoms with Gasteiger partial charge in [0.15, 0.2) is 0 Å². The number of carbonyl (C=O) groups is 2. The first kappa shape index (κ1) is 22.7. The number of hydrogen-bond donors (Lipinski definition) is 2. The molecule has 0 unspecified atom stereocenters. The first-order valence-electron chi connectivity index (χ1n) is 9.79. The van der Waals surface area contributed by atoms with Gasteiger partial charge in [-0.3, -0.25) is 9.59 Å². The van der Waals surface area contributed by atoms with Crippen molar-refractivity contribution in [3.05, 3.63) is 60.2 Å². The zero-order valence-corrected chi connectivity index (χ0v) is 17.9. The second-order valence-corrected chi connectivity index (χ2v) is 8.74. The van der Waals surface area contributed by atoms with Gasteiger partial charge in [-0.25, -0.2) is 8.42 Å². The van der Waals surface area contributed by atoms with Crippen LogP contribution in [0.2, 0.25) is 0 Å². The molecule has 1 saturated heterocycles. The number of methoxy groups -OCH3 is 1. The van der Waals surface area contributed by atoms with Gasteiger partial charge in [-0.1, -0.05) is 30.3 Å². The van der Waals surface area contributed by atoms with Crippen LogP contribution in [0.4, 0.5) is 0 Å². The molecule has 9 nitrogen and oxygen atoms in total. The summed E-state index contributed by atoms with van der Waals surface area (Å²) >= 11 is 0. The van der Waals surface area contributed by atoms with Crippen LogP contribution in [0, 0.1) is 0 Å². The van der Waals surface area contributed by atoms with Gasteiger partial charge in [0.1, 0.15) is 12.0 Å². The molecule has 1 aliphatic heterocycles. The van der Waals surface area contributed by atoms with E-state index in [1.807, 2.05) is 0 Å². The average Bonchev–Trinajstić information content (AvgIpc) is 2.81. The van der Waals surface area contributed by atoms with Crippen LogP contribution in [0.15, 0.2) is 59.5 Å². The Morgan fingerprint density at radius 3 is 2.58 bits per heavy atom. The van der Waals surface area contributed by atoms with Crippen molar-refractivity contribution in [1.82, 2.24) is 14.9 Å². The van der Waals surface area contributed by atoms with Gasteiger partial charge in [0.05, 0.1) is 25.2 Å². The Balaban J connectivity index is 1.56. The molecule has 1 atom stereocenters. The molecular weight excluding hydrogens is 422 g/mol. The minimum absolute atomic E-state index is 0.141. The molecule has 0 aromatic heterocycles. The molecular formula is C21H25N3O6S. The molecule has 0 aliphatic carbocycles. The second-order valence-electron chi connectivity index (χ2n) is 6.85. The number of carbonyl (C=O) groups excluding carboxylic acids is 2. The van der Waals surface area contributed by atoms with Crippen molar-refractivity contribution in [2.75, 3.05) is 26.8 Å². The van der Waals surface area contributed by atoms with Crippen molar-refractivity contribution in [3.63, 3.8) is 0 Å². The lowest BCUT2D eigenvalue weighted by Gasteiger charge is -2.34. The van der Waals surface area contributed by atoms with Crippen LogP contribution >= 0.6 is 0 Å². The van der Waals surface area contributed by atoms with E-state index in [9.17, 15) is 18.0 Å². The third-order valence-corrected chi connectivity index (χ3v) is 6.64. The SMILES string of the molecule is COc1cccc(CNC(=O)C(=O)NC[C@@H]2OCCCN2S(=O)(=O)c2ccccc2)c1. The van der Waals surface area contributed by atoms with E-state index < -0.39 is 28.1 Å². The number of rotatable bonds is 7. The molecule has 2 amide bonds. The zero-order chi connectivity index (χ0) is 22.3. The predicted molar refractivity (Wildman–Crippen MR) is 113 cm³/mol. The van der Waals surface area contributed by atoms with E-state index in [1.54, 1.807) is 49.6 Å². The highest BCUT2D eigenvalue weighted by atomic mass is 32.2. The lowest BCUT2D eigenvalue weighted by molar-refractivity contribution is -0.140. The van der Waals surface area contributed by atoms with Crippen LogP contribution in [0.25, 0.3) is 0 Å². The van der Waals surface area contributed by atoms with Gasteiger partial charge in [-0.05, 0) is 36.2 Å². The van der Waals surface area contributed by atoms with Crippen molar-refractivity contribution < 1.29 is 27.5 Å². The Morgan fingerprint density at radius 2 is 1.84 bits per heavy atom. The van der Waals surface area contributed by atoms with E-state index in [-0.39, 0.29) is 24.5 Å². The first-order valence-corrected chi connectivity index (χ1v) is 11.2. The summed E-state index contributed by atoms with van der Waals surface area (Å²) in [6, 6.07) is 15.1. The normalized spacial score (nSPS) is 17.0. The van der Waals surface area contributed by atoms with Crippen molar-refractivity contribution in [2.45, 2.75) is 24.1 Å². The van der Waals surface area contributed by atoms with E-state index in [0.717, 1.165) is 5.56 Å². The van der Waals surface area contributed by atoms with Gasteiger partial charge < -0.3 is 20.1 Å². The number of sulfonamides is 1. The number of ether oxygens (including phenoxy) is 2. The Morgan fingerprint density at radius 1 is 1.10 bits per heavy atom. The minimum Gasteiger partial charge on any atom is -0.497 e. The summed E-state index contributed by atoms with van der Waals surface area (Å²) in [5, 5.41) is 4.98. The minimum atomic E-state index is -3.79. The Hall–Kier alpha value is -2.95. The summed E-state index contributed by atoms with van der Waals surface area (Å²) in [4.78, 5) is 24.4. The fourth-order valence-corrected chi connectivity index (χ4v) is 4.72. The van der Waals surface area contributed by atoms with Gasteiger partial charge in [0, 0.05) is 13.1 Å². The quantitative estimate of drug-likeness (QED) is 0.609. The highest BCUT2D eigenvalue weighted by Gasteiger charge is 2.34. The molecule has 10 heteroatoms. The van der Waals surface area contributed by atoms with Crippen molar-refractivity contribution in [2.24, 2.45) is 0 Å². The molecule has 1 fully saturated rings. The fourth-order valence-electron chi connectivity index (χ4n) is 3.14. The topological polar surface area (TPSA) is 114 Å². The summed E-state index contributed by atoms with van der Waals surface area (Å²) in [7, 11) is -2.25. The second kappa shape index (κ2) is 10.4. The highest BCUT2D eigenvalue weighted by Crippen LogP contribution is 2.21. The largest absolute Gasteiger partial charge is 0.497 e. The Kier molecular flexibility index (Phi) is 7.61. The summed E-state index contributed by atoms with van der Waals surface area (Å²) in [5.74, 6) is -1.05. The molecule has 0 spiro atoms. The molecule has 3 rings (SSSR count). The predicted octanol–water partition coefficient (Wildman–Crippen LogP) is 0.865. The molecule has 31 heavy (non-hydrogen) atoms. The van der Waals surface area contributed by atoms with Crippen LogP contribution in [0.1, 0.15) is 12.0 Å². The number of nitrogens with one attached hydrogen (secondary N) is 2. The van der Waals surface area contributed by atoms with Crippen LogP contribution in [0.5, 0.6) is 5.75 Å². The van der Waals surface area contributed by atoms with Crippen LogP contribution in [-0.4, -0.2) is 57.6 Å². The molecule has 166 valence electrons. The maximum absolute atomic E-state index is 12.9. The molecule has 2 aromatic carbocycles. The van der Waals surface area contributed by atoms with Crippen LogP contribution in [0.3, 0.4) is 0 Å². The van der Waals surface area contributed by atoms with Crippen molar-refractivity contribution in [3.8, 4) is 5.75 Å². The number of nitrogens with zero attached hydrogens (tertiary/aromatic N) is 1. The third-order valence-electron chi connectivity index (χ3n) is 4.73. The number of hydrogen-bond acceptors (Lipinski definition) is 6. The summed E-state index contributed by atoms with van der Waals surface area (Å²) in [6.07, 6.45) is -0.355. The molecule has 0 radical (unpaired) electrons. The van der Waals surface area contributed by atoms with Crippen LogP contribution in [-0.2, 0) is 30.9 Å². The van der Waals surface area contributed by atoms with Gasteiger partial charge >= 0.3 is 11.8 Å². The molecule has 0 saturated carbocycles. The zero-order valence-electron chi connectivity index (χ0n) is 17.1. The fraction of sp³-hybridized carbons (Fsp3) is 0.333. The number of amides is 2. The standard InChI is InChI=1S/C21H25N3O6S/c1-29-17-8-5-7-16(13-17)14-22-20(25)21(26)23-15-19-24(11-6-12-30-19)31(27,28)18-9-3-2-4-10-18/h2-5,7-10,13,19H,6,11-12,14-15H2,1H3,(H,22,25)(H,23,26)/t19-/m0/s1. The molecule has 1 heterocycles. The van der Waals surface area contributed by atoms with E-state index >= 15 is 0 Å². The lowest BCUT2D eigenvalue weighted by Crippen LogP contribution is -2.53. The van der Waals surface area contributed by atoms with E-state index in [1.165, 1.54) is 16.4 Å². The maximum atomic E-state index is 12.9. The van der Waals surface area contributed by atoms with E-state index in [4.69, 9.17) is 9.47 Å². The summed E-state index contributed by atoms with van der Waals surface area (Å²) in [5.41, 5.74) is 0.774. The van der Waals surface area contributed by atoms with Crippen LogP contribution < -0.4 is 15.4 Å². The van der Waals surface area contributed by atoms with Gasteiger partial charge in [0.25, 0.3) is 0 Å². The molecule has 1 aliphatic rings. The maximum Gasteiger partial charge on any atom is 0.309 e. The number of benzene rings is 2. The summed E-state index contributed by atoms with van der Waals surface area (Å²) in [6.45, 7) is 0.637. The molecule has 2 N–H and O–H groups in total. The smallest absolute Gasteiger partial charge is 0.309 e. The van der Waals surface area contributed by atoms with Gasteiger partial charge in [-0.2, -0.15) is 4.31 Å².